The van der Waals surface area contributed by atoms with Crippen molar-refractivity contribution in [1.82, 2.24) is 10.2 Å². The molecule has 1 N–H and O–H groups in total. The van der Waals surface area contributed by atoms with E-state index in [1.165, 1.54) is 34.1 Å². The first-order chi connectivity index (χ1) is 18.8. The average Bonchev–Trinajstić information content (AvgIpc) is 3.49. The van der Waals surface area contributed by atoms with Gasteiger partial charge >= 0.3 is 0 Å². The van der Waals surface area contributed by atoms with Crippen molar-refractivity contribution in [3.05, 3.63) is 122 Å². The number of anilines is 1. The van der Waals surface area contributed by atoms with Gasteiger partial charge in [0.05, 0.1) is 11.6 Å². The summed E-state index contributed by atoms with van der Waals surface area (Å²) in [6, 6.07) is 20.4. The minimum atomic E-state index is -0.944. The number of halogens is 3. The second-order valence-electron chi connectivity index (χ2n) is 8.38. The summed E-state index contributed by atoms with van der Waals surface area (Å²) in [5, 5.41) is 21.1. The number of amides is 1. The number of aliphatic hydroxyl groups excluding tert-OH is 1. The summed E-state index contributed by atoms with van der Waals surface area (Å²) in [6.45, 7) is 0. The van der Waals surface area contributed by atoms with Crippen LogP contribution in [0.3, 0.4) is 0 Å². The third kappa shape index (κ3) is 6.05. The highest BCUT2D eigenvalue weighted by Gasteiger charge is 2.45. The van der Waals surface area contributed by atoms with Crippen LogP contribution in [0.1, 0.15) is 22.7 Å². The highest BCUT2D eigenvalue weighted by atomic mass is 35.5. The number of hydrogen-bond donors (Lipinski definition) is 1. The molecule has 0 aliphatic carbocycles. The molecule has 11 heteroatoms. The zero-order valence-electron chi connectivity index (χ0n) is 19.9. The molecule has 0 fully saturated rings. The number of carbonyl (C=O) groups is 2. The molecule has 6 nitrogen and oxygen atoms in total. The third-order valence-corrected chi connectivity index (χ3v) is 8.76. The van der Waals surface area contributed by atoms with Gasteiger partial charge < -0.3 is 5.11 Å². The molecule has 5 rings (SSSR count). The number of thioether (sulfide) groups is 1. The lowest BCUT2D eigenvalue weighted by molar-refractivity contribution is -0.117. The number of rotatable bonds is 8. The maximum atomic E-state index is 13.4. The monoisotopic (exact) mass is 613 g/mol. The molecule has 0 spiro atoms. The van der Waals surface area contributed by atoms with Gasteiger partial charge in [-0.05, 0) is 47.0 Å². The van der Waals surface area contributed by atoms with Gasteiger partial charge in [0.15, 0.2) is 15.9 Å². The maximum absolute atomic E-state index is 13.4. The fourth-order valence-electron chi connectivity index (χ4n) is 4.01. The molecule has 1 aliphatic heterocycles. The summed E-state index contributed by atoms with van der Waals surface area (Å²) < 4.78 is 0.580. The topological polar surface area (TPSA) is 83.4 Å². The molecule has 1 amide bonds. The Morgan fingerprint density at radius 1 is 1.00 bits per heavy atom. The van der Waals surface area contributed by atoms with Gasteiger partial charge in [-0.15, -0.1) is 10.2 Å². The van der Waals surface area contributed by atoms with Crippen molar-refractivity contribution in [2.75, 3.05) is 4.90 Å². The van der Waals surface area contributed by atoms with Crippen LogP contribution in [0.25, 0.3) is 6.08 Å². The largest absolute Gasteiger partial charge is 0.503 e. The smallest absolute Gasteiger partial charge is 0.296 e. The van der Waals surface area contributed by atoms with Crippen LogP contribution < -0.4 is 4.90 Å². The number of aliphatic hydroxyl groups is 1. The lowest BCUT2D eigenvalue weighted by atomic mass is 9.96. The number of ketones is 1. The molecule has 1 aromatic heterocycles. The summed E-state index contributed by atoms with van der Waals surface area (Å²) in [5.41, 5.74) is 2.16. The Kier molecular flexibility index (Phi) is 8.40. The summed E-state index contributed by atoms with van der Waals surface area (Å²) in [6.07, 6.45) is 2.97. The Morgan fingerprint density at radius 2 is 1.77 bits per heavy atom. The zero-order valence-corrected chi connectivity index (χ0v) is 23.8. The second-order valence-corrected chi connectivity index (χ2v) is 11.8. The Balaban J connectivity index is 1.46. The van der Waals surface area contributed by atoms with Crippen LogP contribution in [-0.2, 0) is 15.3 Å². The molecular weight excluding hydrogens is 597 g/mol. The molecule has 4 aromatic rings. The van der Waals surface area contributed by atoms with Gasteiger partial charge in [-0.25, -0.2) is 0 Å². The van der Waals surface area contributed by atoms with E-state index in [0.717, 1.165) is 11.1 Å². The molecular formula is C28H18Cl3N3O3S2. The molecule has 0 radical (unpaired) electrons. The van der Waals surface area contributed by atoms with Crippen molar-refractivity contribution in [3.8, 4) is 0 Å². The normalized spacial score (nSPS) is 15.5. The van der Waals surface area contributed by atoms with E-state index < -0.39 is 23.5 Å². The zero-order chi connectivity index (χ0) is 27.5. The molecule has 3 aromatic carbocycles. The fourth-order valence-corrected chi connectivity index (χ4v) is 6.63. The van der Waals surface area contributed by atoms with E-state index in [9.17, 15) is 14.7 Å². The van der Waals surface area contributed by atoms with Crippen LogP contribution >= 0.6 is 57.9 Å². The number of aromatic nitrogens is 2. The standard InChI is InChI=1S/C28H18Cl3N3O3S2/c29-19-8-4-7-17(13-19)24-23(22(35)12-9-16-5-2-1-3-6-16)25(36)26(37)34(24)27-32-33-28(39-27)38-15-18-10-11-20(30)14-21(18)31/h1-14,24,36H,15H2/b12-9+. The Bertz CT molecular complexity index is 1620. The highest BCUT2D eigenvalue weighted by molar-refractivity contribution is 8.00. The highest BCUT2D eigenvalue weighted by Crippen LogP contribution is 2.44. The second kappa shape index (κ2) is 11.9. The molecule has 0 saturated heterocycles. The van der Waals surface area contributed by atoms with E-state index in [1.807, 2.05) is 36.4 Å². The molecule has 39 heavy (non-hydrogen) atoms. The number of benzene rings is 3. The van der Waals surface area contributed by atoms with Crippen LogP contribution in [0.4, 0.5) is 5.13 Å². The molecule has 0 bridgehead atoms. The number of allylic oxidation sites excluding steroid dienone is 1. The van der Waals surface area contributed by atoms with E-state index in [-0.39, 0.29) is 10.7 Å². The number of nitrogens with zero attached hydrogens (tertiary/aromatic N) is 3. The molecule has 2 heterocycles. The summed E-state index contributed by atoms with van der Waals surface area (Å²) in [4.78, 5) is 28.0. The van der Waals surface area contributed by atoms with Gasteiger partial charge in [-0.1, -0.05) is 113 Å². The first-order valence-corrected chi connectivity index (χ1v) is 14.5. The molecule has 0 saturated carbocycles. The predicted octanol–water partition coefficient (Wildman–Crippen LogP) is 7.97. The van der Waals surface area contributed by atoms with Crippen LogP contribution in [-0.4, -0.2) is 27.0 Å². The van der Waals surface area contributed by atoms with Gasteiger partial charge in [0.25, 0.3) is 5.91 Å². The molecule has 1 atom stereocenters. The van der Waals surface area contributed by atoms with Crippen molar-refractivity contribution in [2.24, 2.45) is 0 Å². The van der Waals surface area contributed by atoms with E-state index >= 15 is 0 Å². The van der Waals surface area contributed by atoms with Gasteiger partial charge in [-0.3, -0.25) is 14.5 Å². The van der Waals surface area contributed by atoms with Crippen molar-refractivity contribution >= 4 is 80.8 Å². The quantitative estimate of drug-likeness (QED) is 0.123. The number of hydrogen-bond acceptors (Lipinski definition) is 7. The van der Waals surface area contributed by atoms with Crippen LogP contribution in [0, 0.1) is 0 Å². The average molecular weight is 615 g/mol. The summed E-state index contributed by atoms with van der Waals surface area (Å²) >= 11 is 21.1. The van der Waals surface area contributed by atoms with Gasteiger partial charge in [0, 0.05) is 20.8 Å². The minimum absolute atomic E-state index is 0.0632. The van der Waals surface area contributed by atoms with Crippen molar-refractivity contribution in [3.63, 3.8) is 0 Å². The summed E-state index contributed by atoms with van der Waals surface area (Å²) in [5.74, 6) is -1.38. The molecule has 196 valence electrons. The van der Waals surface area contributed by atoms with Crippen molar-refractivity contribution in [1.29, 1.82) is 0 Å². The van der Waals surface area contributed by atoms with E-state index in [0.29, 0.717) is 30.7 Å². The van der Waals surface area contributed by atoms with Gasteiger partial charge in [0.1, 0.15) is 0 Å². The minimum Gasteiger partial charge on any atom is -0.503 e. The predicted molar refractivity (Wildman–Crippen MR) is 158 cm³/mol. The Labute approximate surface area is 247 Å². The lowest BCUT2D eigenvalue weighted by Gasteiger charge is -2.23. The lowest BCUT2D eigenvalue weighted by Crippen LogP contribution is -2.30. The molecule has 1 aliphatic rings. The van der Waals surface area contributed by atoms with Crippen molar-refractivity contribution < 1.29 is 14.7 Å². The van der Waals surface area contributed by atoms with E-state index in [4.69, 9.17) is 34.8 Å². The third-order valence-electron chi connectivity index (χ3n) is 5.83. The van der Waals surface area contributed by atoms with E-state index in [1.54, 1.807) is 42.5 Å². The molecule has 1 unspecified atom stereocenters. The van der Waals surface area contributed by atoms with Crippen molar-refractivity contribution in [2.45, 2.75) is 16.1 Å². The number of carbonyl (C=O) groups excluding carboxylic acids is 2. The van der Waals surface area contributed by atoms with E-state index in [2.05, 4.69) is 10.2 Å². The van der Waals surface area contributed by atoms with Crippen LogP contribution in [0.2, 0.25) is 15.1 Å². The Morgan fingerprint density at radius 3 is 2.51 bits per heavy atom. The SMILES string of the molecule is O=C(/C=C/c1ccccc1)C1=C(O)C(=O)N(c2nnc(SCc3ccc(Cl)cc3Cl)s2)C1c1cccc(Cl)c1. The van der Waals surface area contributed by atoms with Crippen LogP contribution in [0.15, 0.2) is 94.5 Å². The van der Waals surface area contributed by atoms with Gasteiger partial charge in [-0.2, -0.15) is 0 Å². The maximum Gasteiger partial charge on any atom is 0.296 e. The van der Waals surface area contributed by atoms with Gasteiger partial charge in [0.2, 0.25) is 5.13 Å². The fraction of sp³-hybridized carbons (Fsp3) is 0.0714. The first-order valence-electron chi connectivity index (χ1n) is 11.5. The first kappa shape index (κ1) is 27.4. The van der Waals surface area contributed by atoms with Crippen LogP contribution in [0.5, 0.6) is 0 Å². The summed E-state index contributed by atoms with van der Waals surface area (Å²) in [7, 11) is 0. The Hall–Kier alpha value is -3.14.